The Balaban J connectivity index is 1.40. The standard InChI is InChI=1S/C22H27N3O5S/c1-24-16(9-10-17(24)14-25-15-21(26)23-22(25)27)11-12-31(28,29)20-8-4-7-19(13-20)30-18-5-2-3-6-18/h4,7-10,13,18H,2-3,5-6,11-12,14-15H2,1H3,(H,23,26,27). The zero-order valence-electron chi connectivity index (χ0n) is 17.5. The molecule has 31 heavy (non-hydrogen) atoms. The van der Waals surface area contributed by atoms with E-state index in [4.69, 9.17) is 4.74 Å². The Hall–Kier alpha value is -2.81. The van der Waals surface area contributed by atoms with Crippen molar-refractivity contribution in [2.75, 3.05) is 12.3 Å². The number of nitrogens with zero attached hydrogens (tertiary/aromatic N) is 2. The van der Waals surface area contributed by atoms with Crippen LogP contribution in [0.15, 0.2) is 41.3 Å². The number of hydrogen-bond donors (Lipinski definition) is 1. The summed E-state index contributed by atoms with van der Waals surface area (Å²) in [6.07, 6.45) is 4.85. The third kappa shape index (κ3) is 4.92. The number of carbonyl (C=O) groups is 2. The van der Waals surface area contributed by atoms with Crippen molar-refractivity contribution in [1.29, 1.82) is 0 Å². The molecule has 1 N–H and O–H groups in total. The number of rotatable bonds is 8. The van der Waals surface area contributed by atoms with E-state index in [0.717, 1.165) is 37.1 Å². The van der Waals surface area contributed by atoms with Crippen LogP contribution in [0.1, 0.15) is 37.1 Å². The summed E-state index contributed by atoms with van der Waals surface area (Å²) in [5.74, 6) is 0.261. The van der Waals surface area contributed by atoms with Gasteiger partial charge in [-0.3, -0.25) is 10.1 Å². The van der Waals surface area contributed by atoms with Crippen LogP contribution in [0, 0.1) is 0 Å². The summed E-state index contributed by atoms with van der Waals surface area (Å²) in [6, 6.07) is 10.1. The van der Waals surface area contributed by atoms with Gasteiger partial charge in [0.05, 0.1) is 23.3 Å². The van der Waals surface area contributed by atoms with Gasteiger partial charge in [0, 0.05) is 24.9 Å². The lowest BCUT2D eigenvalue weighted by Gasteiger charge is -2.15. The van der Waals surface area contributed by atoms with E-state index in [9.17, 15) is 18.0 Å². The predicted octanol–water partition coefficient (Wildman–Crippen LogP) is 2.41. The number of amides is 3. The summed E-state index contributed by atoms with van der Waals surface area (Å²) in [5, 5.41) is 2.25. The minimum atomic E-state index is -3.47. The Bertz CT molecular complexity index is 1090. The van der Waals surface area contributed by atoms with Gasteiger partial charge < -0.3 is 14.2 Å². The van der Waals surface area contributed by atoms with Crippen LogP contribution in [0.3, 0.4) is 0 Å². The first kappa shape index (κ1) is 21.4. The molecule has 0 radical (unpaired) electrons. The highest BCUT2D eigenvalue weighted by atomic mass is 32.2. The summed E-state index contributed by atoms with van der Waals surface area (Å²) >= 11 is 0. The van der Waals surface area contributed by atoms with Crippen LogP contribution >= 0.6 is 0 Å². The number of benzene rings is 1. The molecule has 9 heteroatoms. The second-order valence-corrected chi connectivity index (χ2v) is 10.3. The molecule has 2 heterocycles. The van der Waals surface area contributed by atoms with Crippen LogP contribution in [0.4, 0.5) is 4.79 Å². The van der Waals surface area contributed by atoms with Crippen molar-refractivity contribution < 1.29 is 22.7 Å². The number of aryl methyl sites for hydroxylation is 1. The Morgan fingerprint density at radius 3 is 2.55 bits per heavy atom. The van der Waals surface area contributed by atoms with E-state index in [-0.39, 0.29) is 29.2 Å². The average Bonchev–Trinajstić information content (AvgIpc) is 3.44. The van der Waals surface area contributed by atoms with Gasteiger partial charge in [-0.2, -0.15) is 0 Å². The monoisotopic (exact) mass is 445 g/mol. The zero-order chi connectivity index (χ0) is 22.0. The van der Waals surface area contributed by atoms with Gasteiger partial charge in [0.2, 0.25) is 5.91 Å². The molecule has 1 aliphatic heterocycles. The van der Waals surface area contributed by atoms with Gasteiger partial charge in [0.1, 0.15) is 12.3 Å². The Morgan fingerprint density at radius 1 is 1.10 bits per heavy atom. The van der Waals surface area contributed by atoms with E-state index in [2.05, 4.69) is 5.32 Å². The first-order chi connectivity index (χ1) is 14.8. The maximum Gasteiger partial charge on any atom is 0.324 e. The summed E-state index contributed by atoms with van der Waals surface area (Å²) in [5.41, 5.74) is 1.69. The molecule has 1 aromatic carbocycles. The third-order valence-corrected chi connectivity index (χ3v) is 7.66. The van der Waals surface area contributed by atoms with Crippen LogP contribution in [-0.2, 0) is 34.6 Å². The number of ether oxygens (including phenoxy) is 1. The predicted molar refractivity (Wildman–Crippen MR) is 114 cm³/mol. The topological polar surface area (TPSA) is 97.7 Å². The zero-order valence-corrected chi connectivity index (χ0v) is 18.4. The molecule has 1 saturated carbocycles. The molecule has 4 rings (SSSR count). The molecular weight excluding hydrogens is 418 g/mol. The molecule has 2 aromatic rings. The van der Waals surface area contributed by atoms with E-state index in [1.807, 2.05) is 23.7 Å². The Kier molecular flexibility index (Phi) is 6.04. The minimum Gasteiger partial charge on any atom is -0.490 e. The molecule has 166 valence electrons. The lowest BCUT2D eigenvalue weighted by atomic mass is 10.3. The molecule has 1 aromatic heterocycles. The van der Waals surface area contributed by atoms with Gasteiger partial charge in [-0.1, -0.05) is 6.07 Å². The molecule has 0 unspecified atom stereocenters. The summed E-state index contributed by atoms with van der Waals surface area (Å²) in [7, 11) is -1.64. The van der Waals surface area contributed by atoms with E-state index in [1.54, 1.807) is 24.3 Å². The highest BCUT2D eigenvalue weighted by Crippen LogP contribution is 2.26. The summed E-state index contributed by atoms with van der Waals surface area (Å²) in [6.45, 7) is 0.328. The average molecular weight is 446 g/mol. The number of aromatic nitrogens is 1. The molecule has 1 saturated heterocycles. The number of nitrogens with one attached hydrogen (secondary N) is 1. The molecule has 8 nitrogen and oxygen atoms in total. The van der Waals surface area contributed by atoms with Crippen molar-refractivity contribution in [2.24, 2.45) is 7.05 Å². The van der Waals surface area contributed by atoms with Gasteiger partial charge in [-0.15, -0.1) is 0 Å². The van der Waals surface area contributed by atoms with Crippen LogP contribution in [0.2, 0.25) is 0 Å². The number of hydrogen-bond acceptors (Lipinski definition) is 5. The number of sulfone groups is 1. The lowest BCUT2D eigenvalue weighted by Crippen LogP contribution is -2.28. The molecule has 2 fully saturated rings. The Labute approximate surface area is 182 Å². The third-order valence-electron chi connectivity index (χ3n) is 5.95. The second kappa shape index (κ2) is 8.74. The second-order valence-electron chi connectivity index (χ2n) is 8.15. The fraction of sp³-hybridized carbons (Fsp3) is 0.455. The SMILES string of the molecule is Cn1c(CCS(=O)(=O)c2cccc(OC3CCCC3)c2)ccc1CN1CC(=O)NC1=O. The normalized spacial score (nSPS) is 17.4. The highest BCUT2D eigenvalue weighted by molar-refractivity contribution is 7.91. The smallest absolute Gasteiger partial charge is 0.324 e. The number of carbonyl (C=O) groups excluding carboxylic acids is 2. The van der Waals surface area contributed by atoms with Gasteiger partial charge in [-0.05, 0) is 56.0 Å². The minimum absolute atomic E-state index is 0.0279. The van der Waals surface area contributed by atoms with Crippen molar-refractivity contribution in [3.05, 3.63) is 47.8 Å². The van der Waals surface area contributed by atoms with E-state index < -0.39 is 15.9 Å². The fourth-order valence-corrected chi connectivity index (χ4v) is 5.41. The fourth-order valence-electron chi connectivity index (χ4n) is 4.11. The van der Waals surface area contributed by atoms with Gasteiger partial charge >= 0.3 is 6.03 Å². The molecule has 2 aliphatic rings. The summed E-state index contributed by atoms with van der Waals surface area (Å²) < 4.78 is 33.6. The maximum absolute atomic E-state index is 12.9. The molecule has 1 aliphatic carbocycles. The first-order valence-electron chi connectivity index (χ1n) is 10.5. The quantitative estimate of drug-likeness (QED) is 0.630. The van der Waals surface area contributed by atoms with Gasteiger partial charge in [0.15, 0.2) is 9.84 Å². The lowest BCUT2D eigenvalue weighted by molar-refractivity contribution is -0.118. The highest BCUT2D eigenvalue weighted by Gasteiger charge is 2.27. The maximum atomic E-state index is 12.9. The van der Waals surface area contributed by atoms with Crippen LogP contribution in [-0.4, -0.2) is 48.2 Å². The van der Waals surface area contributed by atoms with E-state index >= 15 is 0 Å². The largest absolute Gasteiger partial charge is 0.490 e. The number of imide groups is 1. The molecule has 0 spiro atoms. The molecular formula is C22H27N3O5S. The van der Waals surface area contributed by atoms with Crippen molar-refractivity contribution in [3.63, 3.8) is 0 Å². The first-order valence-corrected chi connectivity index (χ1v) is 12.2. The molecule has 0 atom stereocenters. The number of urea groups is 1. The van der Waals surface area contributed by atoms with Gasteiger partial charge in [-0.25, -0.2) is 13.2 Å². The van der Waals surface area contributed by atoms with Gasteiger partial charge in [0.25, 0.3) is 0 Å². The van der Waals surface area contributed by atoms with Crippen molar-refractivity contribution in [3.8, 4) is 5.75 Å². The van der Waals surface area contributed by atoms with Crippen LogP contribution < -0.4 is 10.1 Å². The van der Waals surface area contributed by atoms with Crippen molar-refractivity contribution in [1.82, 2.24) is 14.8 Å². The summed E-state index contributed by atoms with van der Waals surface area (Å²) in [4.78, 5) is 24.8. The van der Waals surface area contributed by atoms with Crippen molar-refractivity contribution >= 4 is 21.8 Å². The van der Waals surface area contributed by atoms with Crippen LogP contribution in [0.25, 0.3) is 0 Å². The molecule has 3 amide bonds. The van der Waals surface area contributed by atoms with E-state index in [0.29, 0.717) is 18.7 Å². The molecule has 0 bridgehead atoms. The van der Waals surface area contributed by atoms with Crippen LogP contribution in [0.5, 0.6) is 5.75 Å². The van der Waals surface area contributed by atoms with Crippen molar-refractivity contribution in [2.45, 2.75) is 49.6 Å². The van der Waals surface area contributed by atoms with E-state index in [1.165, 1.54) is 4.90 Å². The Morgan fingerprint density at radius 2 is 1.84 bits per heavy atom.